The van der Waals surface area contributed by atoms with E-state index >= 15 is 0 Å². The van der Waals surface area contributed by atoms with E-state index in [0.717, 1.165) is 12.3 Å². The van der Waals surface area contributed by atoms with Crippen molar-refractivity contribution in [2.24, 2.45) is 0 Å². The number of rotatable bonds is 1. The summed E-state index contributed by atoms with van der Waals surface area (Å²) in [7, 11) is 0. The summed E-state index contributed by atoms with van der Waals surface area (Å²) in [6.07, 6.45) is -1.04. The van der Waals surface area contributed by atoms with Gasteiger partial charge in [0.15, 0.2) is 5.69 Å². The van der Waals surface area contributed by atoms with E-state index in [-0.39, 0.29) is 11.6 Å². The van der Waals surface area contributed by atoms with Gasteiger partial charge in [-0.25, -0.2) is 9.97 Å². The predicted octanol–water partition coefficient (Wildman–Crippen LogP) is 1.26. The molecule has 5 nitrogen and oxygen atoms in total. The molecule has 0 radical (unpaired) electrons. The fourth-order valence-electron chi connectivity index (χ4n) is 1.12. The van der Waals surface area contributed by atoms with E-state index in [1.807, 2.05) is 0 Å². The van der Waals surface area contributed by atoms with Gasteiger partial charge in [0.25, 0.3) is 5.95 Å². The van der Waals surface area contributed by atoms with Crippen LogP contribution in [0.25, 0.3) is 5.95 Å². The second-order valence-corrected chi connectivity index (χ2v) is 2.94. The molecule has 0 aromatic carbocycles. The minimum Gasteiger partial charge on any atom is -0.396 e. The second kappa shape index (κ2) is 3.47. The van der Waals surface area contributed by atoms with Gasteiger partial charge in [-0.15, -0.1) is 0 Å². The average Bonchev–Trinajstić information content (AvgIpc) is 2.66. The largest absolute Gasteiger partial charge is 0.433 e. The minimum absolute atomic E-state index is 0.175. The highest BCUT2D eigenvalue weighted by atomic mass is 19.4. The summed E-state index contributed by atoms with van der Waals surface area (Å²) in [4.78, 5) is 7.32. The first-order valence-corrected chi connectivity index (χ1v) is 4.17. The molecule has 0 unspecified atom stereocenters. The summed E-state index contributed by atoms with van der Waals surface area (Å²) in [5.41, 5.74) is 4.66. The Balaban J connectivity index is 2.49. The minimum atomic E-state index is -4.50. The Hall–Kier alpha value is -2.12. The van der Waals surface area contributed by atoms with Crippen molar-refractivity contribution in [1.29, 1.82) is 0 Å². The van der Waals surface area contributed by atoms with Gasteiger partial charge in [-0.1, -0.05) is 0 Å². The number of nitrogens with zero attached hydrogens (tertiary/aromatic N) is 4. The zero-order valence-corrected chi connectivity index (χ0v) is 7.81. The van der Waals surface area contributed by atoms with Crippen LogP contribution < -0.4 is 5.73 Å². The summed E-state index contributed by atoms with van der Waals surface area (Å²) in [5, 5.41) is 3.51. The summed E-state index contributed by atoms with van der Waals surface area (Å²) < 4.78 is 38.1. The lowest BCUT2D eigenvalue weighted by molar-refractivity contribution is -0.142. The van der Waals surface area contributed by atoms with E-state index in [1.54, 1.807) is 0 Å². The quantitative estimate of drug-likeness (QED) is 0.799. The molecule has 0 atom stereocenters. The number of alkyl halides is 3. The van der Waals surface area contributed by atoms with Crippen molar-refractivity contribution in [2.75, 3.05) is 5.73 Å². The summed E-state index contributed by atoms with van der Waals surface area (Å²) in [5.74, 6) is -0.175. The van der Waals surface area contributed by atoms with Gasteiger partial charge < -0.3 is 5.73 Å². The van der Waals surface area contributed by atoms with Crippen LogP contribution in [0.2, 0.25) is 0 Å². The lowest BCUT2D eigenvalue weighted by atomic mass is 10.4. The van der Waals surface area contributed by atoms with Crippen molar-refractivity contribution in [2.45, 2.75) is 6.18 Å². The highest BCUT2D eigenvalue weighted by Crippen LogP contribution is 2.29. The molecule has 2 rings (SSSR count). The standard InChI is InChI=1S/C8H6F3N5/c9-8(10,11)6-1-2-15-16(6)7-13-3-5(12)4-14-7/h1-4H,12H2. The smallest absolute Gasteiger partial charge is 0.396 e. The highest BCUT2D eigenvalue weighted by Gasteiger charge is 2.35. The van der Waals surface area contributed by atoms with Crippen LogP contribution in [0.3, 0.4) is 0 Å². The van der Waals surface area contributed by atoms with Crippen LogP contribution in [0.1, 0.15) is 5.69 Å². The monoisotopic (exact) mass is 229 g/mol. The first-order valence-electron chi connectivity index (χ1n) is 4.17. The molecule has 0 saturated heterocycles. The maximum absolute atomic E-state index is 12.5. The zero-order valence-electron chi connectivity index (χ0n) is 7.81. The van der Waals surface area contributed by atoms with Crippen molar-refractivity contribution in [1.82, 2.24) is 19.7 Å². The summed E-state index contributed by atoms with van der Waals surface area (Å²) >= 11 is 0. The van der Waals surface area contributed by atoms with Crippen LogP contribution in [-0.4, -0.2) is 19.7 Å². The molecule has 0 aliphatic rings. The summed E-state index contributed by atoms with van der Waals surface area (Å²) in [6, 6.07) is 0.847. The van der Waals surface area contributed by atoms with Crippen LogP contribution in [0.4, 0.5) is 18.9 Å². The van der Waals surface area contributed by atoms with Crippen LogP contribution in [-0.2, 0) is 6.18 Å². The number of anilines is 1. The first kappa shape index (κ1) is 10.4. The third kappa shape index (κ3) is 1.81. The Morgan fingerprint density at radius 1 is 1.19 bits per heavy atom. The number of aromatic nitrogens is 4. The Morgan fingerprint density at radius 3 is 2.38 bits per heavy atom. The van der Waals surface area contributed by atoms with E-state index in [4.69, 9.17) is 5.73 Å². The number of halogens is 3. The van der Waals surface area contributed by atoms with Gasteiger partial charge in [-0.05, 0) is 6.07 Å². The highest BCUT2D eigenvalue weighted by molar-refractivity contribution is 5.32. The van der Waals surface area contributed by atoms with Crippen molar-refractivity contribution in [3.63, 3.8) is 0 Å². The van der Waals surface area contributed by atoms with Crippen molar-refractivity contribution in [3.8, 4) is 5.95 Å². The molecular formula is C8H6F3N5. The Kier molecular flexibility index (Phi) is 2.26. The fourth-order valence-corrected chi connectivity index (χ4v) is 1.12. The van der Waals surface area contributed by atoms with E-state index in [9.17, 15) is 13.2 Å². The second-order valence-electron chi connectivity index (χ2n) is 2.94. The van der Waals surface area contributed by atoms with Crippen molar-refractivity contribution in [3.05, 3.63) is 30.4 Å². The molecule has 16 heavy (non-hydrogen) atoms. The van der Waals surface area contributed by atoms with Gasteiger partial charge in [0.1, 0.15) is 0 Å². The molecule has 0 aliphatic heterocycles. The Bertz CT molecular complexity index is 487. The first-order chi connectivity index (χ1) is 7.48. The topological polar surface area (TPSA) is 69.6 Å². The van der Waals surface area contributed by atoms with Crippen molar-refractivity contribution < 1.29 is 13.2 Å². The Labute approximate surface area is 87.7 Å². The van der Waals surface area contributed by atoms with Crippen LogP contribution in [0.5, 0.6) is 0 Å². The molecule has 2 heterocycles. The van der Waals surface area contributed by atoms with Gasteiger partial charge in [0, 0.05) is 0 Å². The normalized spacial score (nSPS) is 11.7. The summed E-state index contributed by atoms with van der Waals surface area (Å²) in [6.45, 7) is 0. The number of nitrogens with two attached hydrogens (primary N) is 1. The van der Waals surface area contributed by atoms with Crippen LogP contribution in [0, 0.1) is 0 Å². The maximum Gasteiger partial charge on any atom is 0.433 e. The molecule has 0 spiro atoms. The molecule has 0 aliphatic carbocycles. The van der Waals surface area contributed by atoms with Gasteiger partial charge in [-0.2, -0.15) is 23.0 Å². The van der Waals surface area contributed by atoms with E-state index in [0.29, 0.717) is 4.68 Å². The van der Waals surface area contributed by atoms with Gasteiger partial charge in [0.2, 0.25) is 0 Å². The number of hydrogen-bond acceptors (Lipinski definition) is 4. The lowest BCUT2D eigenvalue weighted by Gasteiger charge is -2.08. The van der Waals surface area contributed by atoms with E-state index < -0.39 is 11.9 Å². The molecule has 0 saturated carbocycles. The predicted molar refractivity (Wildman–Crippen MR) is 48.6 cm³/mol. The lowest BCUT2D eigenvalue weighted by Crippen LogP contribution is -2.15. The SMILES string of the molecule is Nc1cnc(-n2nccc2C(F)(F)F)nc1. The van der Waals surface area contributed by atoms with Crippen molar-refractivity contribution >= 4 is 5.69 Å². The van der Waals surface area contributed by atoms with Crippen LogP contribution in [0.15, 0.2) is 24.7 Å². The molecule has 2 aromatic heterocycles. The molecular weight excluding hydrogens is 223 g/mol. The molecule has 84 valence electrons. The van der Waals surface area contributed by atoms with E-state index in [2.05, 4.69) is 15.1 Å². The maximum atomic E-state index is 12.5. The molecule has 0 amide bonds. The average molecular weight is 229 g/mol. The molecule has 0 fully saturated rings. The Morgan fingerprint density at radius 2 is 1.81 bits per heavy atom. The fraction of sp³-hybridized carbons (Fsp3) is 0.125. The van der Waals surface area contributed by atoms with Gasteiger partial charge >= 0.3 is 6.18 Å². The molecule has 2 N–H and O–H groups in total. The molecule has 8 heteroatoms. The van der Waals surface area contributed by atoms with E-state index in [1.165, 1.54) is 12.4 Å². The number of nitrogen functional groups attached to an aromatic ring is 1. The zero-order chi connectivity index (χ0) is 11.8. The van der Waals surface area contributed by atoms with Crippen LogP contribution >= 0.6 is 0 Å². The van der Waals surface area contributed by atoms with Gasteiger partial charge in [-0.3, -0.25) is 0 Å². The van der Waals surface area contributed by atoms with Gasteiger partial charge in [0.05, 0.1) is 24.3 Å². The number of hydrogen-bond donors (Lipinski definition) is 1. The molecule has 0 bridgehead atoms. The third-order valence-corrected chi connectivity index (χ3v) is 1.78. The molecule has 2 aromatic rings. The third-order valence-electron chi connectivity index (χ3n) is 1.78.